The lowest BCUT2D eigenvalue weighted by Gasteiger charge is -2.18. The molecule has 0 radical (unpaired) electrons. The summed E-state index contributed by atoms with van der Waals surface area (Å²) >= 11 is 0. The van der Waals surface area contributed by atoms with Crippen LogP contribution < -0.4 is 5.32 Å². The van der Waals surface area contributed by atoms with Crippen LogP contribution in [0, 0.1) is 5.92 Å². The van der Waals surface area contributed by atoms with Crippen molar-refractivity contribution in [2.75, 3.05) is 26.8 Å². The summed E-state index contributed by atoms with van der Waals surface area (Å²) in [4.78, 5) is 30.0. The zero-order valence-electron chi connectivity index (χ0n) is 12.4. The molecule has 0 unspecified atom stereocenters. The first-order chi connectivity index (χ1) is 10.1. The van der Waals surface area contributed by atoms with Gasteiger partial charge in [-0.05, 0) is 19.1 Å². The number of rotatable bonds is 6. The van der Waals surface area contributed by atoms with Crippen LogP contribution in [0.2, 0.25) is 0 Å². The second-order valence-corrected chi connectivity index (χ2v) is 5.22. The maximum absolute atomic E-state index is 12.2. The molecule has 2 rings (SSSR count). The summed E-state index contributed by atoms with van der Waals surface area (Å²) in [6.07, 6.45) is 1.97. The van der Waals surface area contributed by atoms with Gasteiger partial charge in [-0.25, -0.2) is 0 Å². The van der Waals surface area contributed by atoms with Gasteiger partial charge in [-0.15, -0.1) is 0 Å². The van der Waals surface area contributed by atoms with E-state index < -0.39 is 0 Å². The Balaban J connectivity index is 1.88. The minimum atomic E-state index is -0.291. The molecule has 1 aromatic rings. The van der Waals surface area contributed by atoms with E-state index in [9.17, 15) is 9.59 Å². The van der Waals surface area contributed by atoms with Gasteiger partial charge in [-0.1, -0.05) is 6.07 Å². The number of carbonyl (C=O) groups is 2. The van der Waals surface area contributed by atoms with Gasteiger partial charge in [0, 0.05) is 32.8 Å². The molecule has 0 spiro atoms. The van der Waals surface area contributed by atoms with Crippen molar-refractivity contribution >= 4 is 11.8 Å². The van der Waals surface area contributed by atoms with Crippen molar-refractivity contribution < 1.29 is 14.3 Å². The maximum atomic E-state index is 12.2. The fourth-order valence-electron chi connectivity index (χ4n) is 2.40. The molecule has 6 nitrogen and oxygen atoms in total. The minimum Gasteiger partial charge on any atom is -0.383 e. The van der Waals surface area contributed by atoms with Crippen LogP contribution in [-0.2, 0) is 14.3 Å². The smallest absolute Gasteiger partial charge is 0.225 e. The van der Waals surface area contributed by atoms with E-state index in [1.54, 1.807) is 18.2 Å². The summed E-state index contributed by atoms with van der Waals surface area (Å²) in [5, 5.41) is 2.92. The number of ether oxygens (including phenoxy) is 1. The van der Waals surface area contributed by atoms with Crippen molar-refractivity contribution in [2.24, 2.45) is 5.92 Å². The molecule has 1 aromatic heterocycles. The molecule has 1 fully saturated rings. The third kappa shape index (κ3) is 4.01. The average Bonchev–Trinajstić information content (AvgIpc) is 2.87. The van der Waals surface area contributed by atoms with Crippen LogP contribution in [0.25, 0.3) is 0 Å². The first kappa shape index (κ1) is 15.4. The van der Waals surface area contributed by atoms with Crippen molar-refractivity contribution in [1.29, 1.82) is 0 Å². The van der Waals surface area contributed by atoms with Crippen LogP contribution >= 0.6 is 0 Å². The lowest BCUT2D eigenvalue weighted by molar-refractivity contribution is -0.129. The van der Waals surface area contributed by atoms with Crippen molar-refractivity contribution in [3.05, 3.63) is 30.1 Å². The summed E-state index contributed by atoms with van der Waals surface area (Å²) in [5.74, 6) is -0.375. The van der Waals surface area contributed by atoms with Gasteiger partial charge >= 0.3 is 0 Å². The highest BCUT2D eigenvalue weighted by atomic mass is 16.5. The zero-order chi connectivity index (χ0) is 15.2. The Bertz CT molecular complexity index is 492. The highest BCUT2D eigenvalue weighted by Gasteiger charge is 2.34. The Labute approximate surface area is 124 Å². The van der Waals surface area contributed by atoms with E-state index in [0.717, 1.165) is 5.69 Å². The standard InChI is InChI=1S/C15H21N3O3/c1-11(13-5-3-4-6-16-13)17-15(20)12-9-14(19)18(10-12)7-8-21-2/h3-6,11-12H,7-10H2,1-2H3,(H,17,20)/t11-,12+/m1/s1. The van der Waals surface area contributed by atoms with E-state index in [2.05, 4.69) is 10.3 Å². The van der Waals surface area contributed by atoms with Crippen molar-refractivity contribution in [2.45, 2.75) is 19.4 Å². The minimum absolute atomic E-state index is 0.0117. The molecule has 2 amide bonds. The topological polar surface area (TPSA) is 71.5 Å². The fourth-order valence-corrected chi connectivity index (χ4v) is 2.40. The molecule has 1 saturated heterocycles. The predicted octanol–water partition coefficient (Wildman–Crippen LogP) is 0.754. The number of likely N-dealkylation sites (tertiary alicyclic amines) is 1. The molecule has 21 heavy (non-hydrogen) atoms. The fraction of sp³-hybridized carbons (Fsp3) is 0.533. The van der Waals surface area contributed by atoms with Crippen LogP contribution in [-0.4, -0.2) is 48.5 Å². The Morgan fingerprint density at radius 1 is 1.57 bits per heavy atom. The Kier molecular flexibility index (Phi) is 5.27. The number of aromatic nitrogens is 1. The molecular formula is C15H21N3O3. The Morgan fingerprint density at radius 2 is 2.38 bits per heavy atom. The molecule has 6 heteroatoms. The maximum Gasteiger partial charge on any atom is 0.225 e. The van der Waals surface area contributed by atoms with Gasteiger partial charge in [0.1, 0.15) is 0 Å². The van der Waals surface area contributed by atoms with Gasteiger partial charge in [0.2, 0.25) is 11.8 Å². The number of nitrogens with zero attached hydrogens (tertiary/aromatic N) is 2. The summed E-state index contributed by atoms with van der Waals surface area (Å²) in [7, 11) is 1.60. The molecule has 0 saturated carbocycles. The third-order valence-electron chi connectivity index (χ3n) is 3.64. The van der Waals surface area contributed by atoms with Crippen LogP contribution in [0.5, 0.6) is 0 Å². The molecule has 2 heterocycles. The van der Waals surface area contributed by atoms with Crippen LogP contribution in [0.1, 0.15) is 25.1 Å². The highest BCUT2D eigenvalue weighted by Crippen LogP contribution is 2.19. The molecule has 2 atom stereocenters. The Morgan fingerprint density at radius 3 is 3.05 bits per heavy atom. The van der Waals surface area contributed by atoms with Crippen LogP contribution in [0.4, 0.5) is 0 Å². The number of hydrogen-bond donors (Lipinski definition) is 1. The molecular weight excluding hydrogens is 270 g/mol. The van der Waals surface area contributed by atoms with Gasteiger partial charge in [0.05, 0.1) is 24.3 Å². The van der Waals surface area contributed by atoms with Gasteiger partial charge in [0.25, 0.3) is 0 Å². The summed E-state index contributed by atoms with van der Waals surface area (Å²) < 4.78 is 4.97. The number of nitrogens with one attached hydrogen (secondary N) is 1. The predicted molar refractivity (Wildman–Crippen MR) is 77.4 cm³/mol. The van der Waals surface area contributed by atoms with E-state index >= 15 is 0 Å². The lowest BCUT2D eigenvalue weighted by atomic mass is 10.1. The van der Waals surface area contributed by atoms with E-state index in [0.29, 0.717) is 19.7 Å². The third-order valence-corrected chi connectivity index (χ3v) is 3.64. The molecule has 114 valence electrons. The number of amides is 2. The molecule has 0 aromatic carbocycles. The molecule has 1 aliphatic rings. The monoisotopic (exact) mass is 291 g/mol. The van der Waals surface area contributed by atoms with E-state index in [4.69, 9.17) is 4.74 Å². The van der Waals surface area contributed by atoms with Gasteiger partial charge < -0.3 is 15.0 Å². The average molecular weight is 291 g/mol. The molecule has 0 aliphatic carbocycles. The Hall–Kier alpha value is -1.95. The molecule has 1 N–H and O–H groups in total. The SMILES string of the molecule is COCCN1C[C@@H](C(=O)N[C@H](C)c2ccccn2)CC1=O. The molecule has 0 bridgehead atoms. The van der Waals surface area contributed by atoms with Gasteiger partial charge in [-0.2, -0.15) is 0 Å². The normalized spacial score (nSPS) is 19.6. The quantitative estimate of drug-likeness (QED) is 0.839. The van der Waals surface area contributed by atoms with Gasteiger partial charge in [0.15, 0.2) is 0 Å². The lowest BCUT2D eigenvalue weighted by Crippen LogP contribution is -2.35. The summed E-state index contributed by atoms with van der Waals surface area (Å²) in [6, 6.07) is 5.43. The summed E-state index contributed by atoms with van der Waals surface area (Å²) in [6.45, 7) is 3.38. The van der Waals surface area contributed by atoms with Crippen molar-refractivity contribution in [3.63, 3.8) is 0 Å². The van der Waals surface area contributed by atoms with Gasteiger partial charge in [-0.3, -0.25) is 14.6 Å². The first-order valence-electron chi connectivity index (χ1n) is 7.10. The van der Waals surface area contributed by atoms with E-state index in [-0.39, 0.29) is 30.2 Å². The second-order valence-electron chi connectivity index (χ2n) is 5.22. The highest BCUT2D eigenvalue weighted by molar-refractivity contribution is 5.89. The van der Waals surface area contributed by atoms with Crippen molar-refractivity contribution in [1.82, 2.24) is 15.2 Å². The van der Waals surface area contributed by atoms with E-state index in [1.807, 2.05) is 25.1 Å². The van der Waals surface area contributed by atoms with Crippen molar-refractivity contribution in [3.8, 4) is 0 Å². The zero-order valence-corrected chi connectivity index (χ0v) is 12.4. The first-order valence-corrected chi connectivity index (χ1v) is 7.10. The van der Waals surface area contributed by atoms with Crippen LogP contribution in [0.3, 0.4) is 0 Å². The number of methoxy groups -OCH3 is 1. The number of pyridine rings is 1. The number of hydrogen-bond acceptors (Lipinski definition) is 4. The van der Waals surface area contributed by atoms with Crippen LogP contribution in [0.15, 0.2) is 24.4 Å². The van der Waals surface area contributed by atoms with E-state index in [1.165, 1.54) is 0 Å². The molecule has 1 aliphatic heterocycles. The number of carbonyl (C=O) groups excluding carboxylic acids is 2. The second kappa shape index (κ2) is 7.17. The summed E-state index contributed by atoms with van der Waals surface area (Å²) in [5.41, 5.74) is 0.811. The largest absolute Gasteiger partial charge is 0.383 e.